The molecule has 104 valence electrons. The Hall–Kier alpha value is -0.450. The Morgan fingerprint density at radius 2 is 1.94 bits per heavy atom. The van der Waals surface area contributed by atoms with Crippen molar-refractivity contribution in [3.8, 4) is 0 Å². The van der Waals surface area contributed by atoms with E-state index in [1.807, 2.05) is 20.8 Å². The molecule has 0 bridgehead atoms. The van der Waals surface area contributed by atoms with E-state index in [0.29, 0.717) is 16.8 Å². The van der Waals surface area contributed by atoms with Gasteiger partial charge >= 0.3 is 5.91 Å². The second kappa shape index (κ2) is 3.56. The summed E-state index contributed by atoms with van der Waals surface area (Å²) in [5.41, 5.74) is 12.0. The van der Waals surface area contributed by atoms with Crippen LogP contribution < -0.4 is 11.5 Å². The third kappa shape index (κ3) is 1.91. The average molecular weight is 254 g/mol. The van der Waals surface area contributed by atoms with Gasteiger partial charge in [-0.3, -0.25) is 5.73 Å². The first-order valence-corrected chi connectivity index (χ1v) is 6.91. The van der Waals surface area contributed by atoms with Crippen LogP contribution in [0.2, 0.25) is 0 Å². The third-order valence-corrected chi connectivity index (χ3v) is 4.93. The summed E-state index contributed by atoms with van der Waals surface area (Å²) in [4.78, 5) is 12.6. The van der Waals surface area contributed by atoms with Crippen LogP contribution in [-0.2, 0) is 4.79 Å². The van der Waals surface area contributed by atoms with Crippen LogP contribution in [0.3, 0.4) is 0 Å². The van der Waals surface area contributed by atoms with E-state index in [1.165, 1.54) is 0 Å². The predicted octanol–water partition coefficient (Wildman–Crippen LogP) is 1.33. The van der Waals surface area contributed by atoms with E-state index in [1.54, 1.807) is 0 Å². The van der Waals surface area contributed by atoms with Crippen molar-refractivity contribution in [2.45, 2.75) is 71.1 Å². The summed E-state index contributed by atoms with van der Waals surface area (Å²) in [6.07, 6.45) is 2.51. The lowest BCUT2D eigenvalue weighted by Gasteiger charge is -2.35. The third-order valence-electron chi connectivity index (χ3n) is 4.93. The van der Waals surface area contributed by atoms with Crippen LogP contribution in [0, 0.1) is 5.41 Å². The molecule has 2 heterocycles. The Labute approximate surface area is 110 Å². The Morgan fingerprint density at radius 1 is 1.39 bits per heavy atom. The lowest BCUT2D eigenvalue weighted by atomic mass is 9.82. The molecule has 3 unspecified atom stereocenters. The minimum atomic E-state index is -0.412. The van der Waals surface area contributed by atoms with Crippen LogP contribution >= 0.6 is 0 Å². The zero-order chi connectivity index (χ0) is 14.0. The van der Waals surface area contributed by atoms with Gasteiger partial charge in [-0.25, -0.2) is 9.28 Å². The summed E-state index contributed by atoms with van der Waals surface area (Å²) in [7, 11) is 0. The topological polar surface area (TPSA) is 69.1 Å². The normalized spacial score (nSPS) is 43.3. The van der Waals surface area contributed by atoms with Gasteiger partial charge in [-0.05, 0) is 19.3 Å². The van der Waals surface area contributed by atoms with Crippen LogP contribution in [0.5, 0.6) is 0 Å². The number of hydrogen-bond acceptors (Lipinski definition) is 3. The largest absolute Gasteiger partial charge is 0.325 e. The van der Waals surface area contributed by atoms with Gasteiger partial charge in [-0.2, -0.15) is 0 Å². The molecular weight excluding hydrogens is 226 g/mol. The molecule has 1 spiro atoms. The van der Waals surface area contributed by atoms with Crippen LogP contribution in [0.1, 0.15) is 53.9 Å². The van der Waals surface area contributed by atoms with E-state index < -0.39 is 5.66 Å². The fourth-order valence-corrected chi connectivity index (χ4v) is 3.67. The van der Waals surface area contributed by atoms with E-state index in [0.717, 1.165) is 19.4 Å². The number of amides is 1. The first kappa shape index (κ1) is 14.0. The number of carbonyl (C=O) groups is 1. The molecule has 0 saturated carbocycles. The highest BCUT2D eigenvalue weighted by molar-refractivity contribution is 5.73. The van der Waals surface area contributed by atoms with Gasteiger partial charge in [0.1, 0.15) is 0 Å². The highest BCUT2D eigenvalue weighted by Crippen LogP contribution is 2.55. The van der Waals surface area contributed by atoms with E-state index in [-0.39, 0.29) is 17.0 Å². The zero-order valence-electron chi connectivity index (χ0n) is 12.4. The van der Waals surface area contributed by atoms with Crippen molar-refractivity contribution in [2.75, 3.05) is 6.54 Å². The molecule has 4 N–H and O–H groups in total. The minimum Gasteiger partial charge on any atom is -0.325 e. The van der Waals surface area contributed by atoms with Crippen LogP contribution in [0.4, 0.5) is 0 Å². The van der Waals surface area contributed by atoms with Gasteiger partial charge in [-0.1, -0.05) is 13.8 Å². The molecule has 3 atom stereocenters. The lowest BCUT2D eigenvalue weighted by molar-refractivity contribution is -0.770. The number of quaternary nitrogens is 1. The van der Waals surface area contributed by atoms with Gasteiger partial charge in [0, 0.05) is 25.3 Å². The Morgan fingerprint density at radius 3 is 2.39 bits per heavy atom. The maximum absolute atomic E-state index is 12.6. The molecule has 1 amide bonds. The summed E-state index contributed by atoms with van der Waals surface area (Å²) in [5.74, 6) is 0.311. The fourth-order valence-electron chi connectivity index (χ4n) is 3.67. The Kier molecular flexibility index (Phi) is 2.76. The number of nitrogens with zero attached hydrogens (tertiary/aromatic N) is 1. The molecule has 0 aromatic heterocycles. The van der Waals surface area contributed by atoms with Crippen molar-refractivity contribution < 1.29 is 9.28 Å². The lowest BCUT2D eigenvalue weighted by Crippen LogP contribution is -2.51. The van der Waals surface area contributed by atoms with Crippen LogP contribution in [-0.4, -0.2) is 34.2 Å². The number of piperidine rings is 1. The first-order valence-electron chi connectivity index (χ1n) is 6.91. The van der Waals surface area contributed by atoms with E-state index in [4.69, 9.17) is 11.5 Å². The number of carbonyl (C=O) groups excluding carboxylic acids is 1. The van der Waals surface area contributed by atoms with Gasteiger partial charge < -0.3 is 5.73 Å². The number of nitrogens with two attached hydrogens (primary N) is 2. The van der Waals surface area contributed by atoms with Gasteiger partial charge in [0.15, 0.2) is 6.04 Å². The molecule has 2 aliphatic heterocycles. The maximum Gasteiger partial charge on any atom is 0.316 e. The highest BCUT2D eigenvalue weighted by Gasteiger charge is 2.79. The first-order chi connectivity index (χ1) is 7.92. The summed E-state index contributed by atoms with van der Waals surface area (Å²) in [6, 6.07) is 0.195. The molecule has 0 aliphatic carbocycles. The molecule has 2 fully saturated rings. The van der Waals surface area contributed by atoms with E-state index in [2.05, 4.69) is 13.8 Å². The molecule has 2 saturated heterocycles. The van der Waals surface area contributed by atoms with Crippen molar-refractivity contribution >= 4 is 5.91 Å². The number of hydrogen-bond donors (Lipinski definition) is 2. The molecule has 4 nitrogen and oxygen atoms in total. The van der Waals surface area contributed by atoms with E-state index >= 15 is 0 Å². The molecular formula is C14H28N3O+. The van der Waals surface area contributed by atoms with Gasteiger partial charge in [0.05, 0.1) is 13.0 Å². The quantitative estimate of drug-likeness (QED) is 0.577. The van der Waals surface area contributed by atoms with Crippen molar-refractivity contribution in [3.63, 3.8) is 0 Å². The molecule has 0 aromatic carbocycles. The molecule has 4 heteroatoms. The van der Waals surface area contributed by atoms with Crippen LogP contribution in [0.15, 0.2) is 0 Å². The fraction of sp³-hybridized carbons (Fsp3) is 0.929. The van der Waals surface area contributed by atoms with Crippen LogP contribution in [0.25, 0.3) is 0 Å². The second-order valence-corrected chi connectivity index (χ2v) is 8.01. The summed E-state index contributed by atoms with van der Waals surface area (Å²) < 4.78 is 0.469. The maximum atomic E-state index is 12.6. The Bertz CT molecular complexity index is 381. The predicted molar refractivity (Wildman–Crippen MR) is 72.4 cm³/mol. The van der Waals surface area contributed by atoms with Gasteiger partial charge in [0.2, 0.25) is 5.66 Å². The molecule has 2 rings (SSSR count). The molecule has 0 radical (unpaired) electrons. The molecule has 0 aromatic rings. The van der Waals surface area contributed by atoms with Gasteiger partial charge in [-0.15, -0.1) is 0 Å². The van der Waals surface area contributed by atoms with E-state index in [9.17, 15) is 4.79 Å². The van der Waals surface area contributed by atoms with Crippen molar-refractivity contribution in [1.29, 1.82) is 0 Å². The zero-order valence-corrected chi connectivity index (χ0v) is 12.4. The summed E-state index contributed by atoms with van der Waals surface area (Å²) in [5, 5.41) is 0. The average Bonchev–Trinajstić information content (AvgIpc) is 2.55. The van der Waals surface area contributed by atoms with Gasteiger partial charge in [0.25, 0.3) is 0 Å². The van der Waals surface area contributed by atoms with Crippen molar-refractivity contribution in [3.05, 3.63) is 0 Å². The second-order valence-electron chi connectivity index (χ2n) is 8.01. The summed E-state index contributed by atoms with van der Waals surface area (Å²) in [6.45, 7) is 11.2. The summed E-state index contributed by atoms with van der Waals surface area (Å²) >= 11 is 0. The SMILES string of the molecule is CC(C)(N)CC1C(C)(N)[N+]12CCC(C)(C)CC2=O. The smallest absolute Gasteiger partial charge is 0.316 e. The minimum absolute atomic E-state index is 0.127. The number of rotatable bonds is 2. The Balaban J connectivity index is 2.21. The monoisotopic (exact) mass is 254 g/mol. The standard InChI is InChI=1S/C14H28N3O/c1-12(2)6-7-17(11(18)9-12)10(14(17,5)16)8-13(3,4)15/h10H,6-9,15-16H2,1-5H3/q+1. The van der Waals surface area contributed by atoms with Crippen molar-refractivity contribution in [2.24, 2.45) is 16.9 Å². The highest BCUT2D eigenvalue weighted by atomic mass is 16.2. The molecule has 18 heavy (non-hydrogen) atoms. The molecule has 2 aliphatic rings. The van der Waals surface area contributed by atoms with Crippen molar-refractivity contribution in [1.82, 2.24) is 0 Å².